The SMILES string of the molecule is CCNC1CCC(C(C)C)CC1Oc1cccc(F)c1. The summed E-state index contributed by atoms with van der Waals surface area (Å²) in [5.74, 6) is 1.78. The number of hydrogen-bond acceptors (Lipinski definition) is 2. The van der Waals surface area contributed by atoms with E-state index >= 15 is 0 Å². The standard InChI is InChI=1S/C17H26FNO/c1-4-19-16-9-8-13(12(2)3)10-17(16)20-15-7-5-6-14(18)11-15/h5-7,11-13,16-17,19H,4,8-10H2,1-3H3. The van der Waals surface area contributed by atoms with Gasteiger partial charge in [-0.25, -0.2) is 4.39 Å². The third kappa shape index (κ3) is 3.95. The maximum absolute atomic E-state index is 13.3. The molecule has 0 amide bonds. The second-order valence-corrected chi connectivity index (χ2v) is 6.09. The lowest BCUT2D eigenvalue weighted by atomic mass is 9.78. The Hall–Kier alpha value is -1.09. The van der Waals surface area contributed by atoms with Gasteiger partial charge in [-0.3, -0.25) is 0 Å². The Labute approximate surface area is 121 Å². The maximum atomic E-state index is 13.3. The van der Waals surface area contributed by atoms with Gasteiger partial charge >= 0.3 is 0 Å². The van der Waals surface area contributed by atoms with Crippen LogP contribution in [0, 0.1) is 17.7 Å². The molecule has 0 spiro atoms. The molecule has 0 heterocycles. The number of likely N-dealkylation sites (N-methyl/N-ethyl adjacent to an activating group) is 1. The lowest BCUT2D eigenvalue weighted by Gasteiger charge is -2.38. The fourth-order valence-electron chi connectivity index (χ4n) is 3.11. The summed E-state index contributed by atoms with van der Waals surface area (Å²) in [6, 6.07) is 6.84. The van der Waals surface area contributed by atoms with Gasteiger partial charge in [-0.2, -0.15) is 0 Å². The number of benzene rings is 1. The second-order valence-electron chi connectivity index (χ2n) is 6.09. The Balaban J connectivity index is 2.06. The van der Waals surface area contributed by atoms with Gasteiger partial charge in [0.2, 0.25) is 0 Å². The normalized spacial score (nSPS) is 26.8. The van der Waals surface area contributed by atoms with Gasteiger partial charge in [-0.05, 0) is 49.8 Å². The number of nitrogens with one attached hydrogen (secondary N) is 1. The molecule has 1 aromatic rings. The van der Waals surface area contributed by atoms with Gasteiger partial charge in [0.05, 0.1) is 0 Å². The molecular formula is C17H26FNO. The van der Waals surface area contributed by atoms with Gasteiger partial charge in [0.25, 0.3) is 0 Å². The summed E-state index contributed by atoms with van der Waals surface area (Å²) in [7, 11) is 0. The first-order valence-electron chi connectivity index (χ1n) is 7.75. The summed E-state index contributed by atoms with van der Waals surface area (Å²) >= 11 is 0. The number of ether oxygens (including phenoxy) is 1. The molecule has 1 saturated carbocycles. The van der Waals surface area contributed by atoms with E-state index in [1.54, 1.807) is 6.07 Å². The molecule has 3 unspecified atom stereocenters. The van der Waals surface area contributed by atoms with Gasteiger partial charge in [-0.1, -0.05) is 26.8 Å². The van der Waals surface area contributed by atoms with Crippen molar-refractivity contribution >= 4 is 0 Å². The quantitative estimate of drug-likeness (QED) is 0.879. The molecule has 0 aromatic heterocycles. The Morgan fingerprint density at radius 1 is 1.35 bits per heavy atom. The average molecular weight is 279 g/mol. The molecule has 1 fully saturated rings. The van der Waals surface area contributed by atoms with Crippen LogP contribution in [0.15, 0.2) is 24.3 Å². The van der Waals surface area contributed by atoms with Crippen LogP contribution < -0.4 is 10.1 Å². The second kappa shape index (κ2) is 7.07. The Kier molecular flexibility index (Phi) is 5.41. The molecule has 1 aliphatic rings. The largest absolute Gasteiger partial charge is 0.489 e. The zero-order valence-corrected chi connectivity index (χ0v) is 12.7. The van der Waals surface area contributed by atoms with Crippen LogP contribution >= 0.6 is 0 Å². The van der Waals surface area contributed by atoms with Crippen LogP contribution in [-0.4, -0.2) is 18.7 Å². The highest BCUT2D eigenvalue weighted by Gasteiger charge is 2.32. The van der Waals surface area contributed by atoms with Crippen molar-refractivity contribution in [2.75, 3.05) is 6.54 Å². The van der Waals surface area contributed by atoms with Gasteiger partial charge in [0.15, 0.2) is 0 Å². The Bertz CT molecular complexity index is 421. The summed E-state index contributed by atoms with van der Waals surface area (Å²) in [4.78, 5) is 0. The third-order valence-electron chi connectivity index (χ3n) is 4.32. The molecule has 112 valence electrons. The van der Waals surface area contributed by atoms with E-state index in [1.165, 1.54) is 18.6 Å². The number of halogens is 1. The van der Waals surface area contributed by atoms with E-state index in [0.717, 1.165) is 19.4 Å². The Morgan fingerprint density at radius 2 is 2.15 bits per heavy atom. The van der Waals surface area contributed by atoms with Gasteiger partial charge in [-0.15, -0.1) is 0 Å². The van der Waals surface area contributed by atoms with E-state index in [-0.39, 0.29) is 11.9 Å². The van der Waals surface area contributed by atoms with Crippen molar-refractivity contribution in [1.29, 1.82) is 0 Å². The van der Waals surface area contributed by atoms with Crippen LogP contribution in [0.5, 0.6) is 5.75 Å². The van der Waals surface area contributed by atoms with E-state index in [2.05, 4.69) is 26.1 Å². The fourth-order valence-corrected chi connectivity index (χ4v) is 3.11. The summed E-state index contributed by atoms with van der Waals surface area (Å²) in [5, 5.41) is 3.51. The van der Waals surface area contributed by atoms with Crippen molar-refractivity contribution in [1.82, 2.24) is 5.32 Å². The lowest BCUT2D eigenvalue weighted by molar-refractivity contribution is 0.0723. The summed E-state index contributed by atoms with van der Waals surface area (Å²) < 4.78 is 19.4. The lowest BCUT2D eigenvalue weighted by Crippen LogP contribution is -2.47. The number of rotatable bonds is 5. The fraction of sp³-hybridized carbons (Fsp3) is 0.647. The van der Waals surface area contributed by atoms with Crippen molar-refractivity contribution in [3.63, 3.8) is 0 Å². The molecule has 0 radical (unpaired) electrons. The van der Waals surface area contributed by atoms with E-state index in [0.29, 0.717) is 23.6 Å². The molecule has 1 aliphatic carbocycles. The summed E-state index contributed by atoms with van der Waals surface area (Å²) in [6.45, 7) is 7.61. The van der Waals surface area contributed by atoms with Crippen molar-refractivity contribution < 1.29 is 9.13 Å². The van der Waals surface area contributed by atoms with Gasteiger partial charge in [0, 0.05) is 12.1 Å². The topological polar surface area (TPSA) is 21.3 Å². The van der Waals surface area contributed by atoms with Crippen molar-refractivity contribution in [3.8, 4) is 5.75 Å². The van der Waals surface area contributed by atoms with Crippen LogP contribution in [0.3, 0.4) is 0 Å². The van der Waals surface area contributed by atoms with Crippen LogP contribution in [0.4, 0.5) is 4.39 Å². The van der Waals surface area contributed by atoms with Crippen LogP contribution in [0.2, 0.25) is 0 Å². The minimum absolute atomic E-state index is 0.137. The first-order chi connectivity index (χ1) is 9.60. The molecule has 2 rings (SSSR count). The summed E-state index contributed by atoms with van der Waals surface area (Å²) in [5.41, 5.74) is 0. The molecule has 20 heavy (non-hydrogen) atoms. The molecule has 0 saturated heterocycles. The van der Waals surface area contributed by atoms with E-state index in [4.69, 9.17) is 4.74 Å². The van der Waals surface area contributed by atoms with Crippen LogP contribution in [0.1, 0.15) is 40.0 Å². The number of hydrogen-bond donors (Lipinski definition) is 1. The molecule has 3 heteroatoms. The third-order valence-corrected chi connectivity index (χ3v) is 4.32. The highest BCUT2D eigenvalue weighted by molar-refractivity contribution is 5.23. The van der Waals surface area contributed by atoms with E-state index in [9.17, 15) is 4.39 Å². The molecule has 0 aliphatic heterocycles. The van der Waals surface area contributed by atoms with Crippen LogP contribution in [0.25, 0.3) is 0 Å². The van der Waals surface area contributed by atoms with Crippen LogP contribution in [-0.2, 0) is 0 Å². The molecule has 1 N–H and O–H groups in total. The summed E-state index contributed by atoms with van der Waals surface area (Å²) in [6.07, 6.45) is 3.57. The predicted molar refractivity (Wildman–Crippen MR) is 80.5 cm³/mol. The molecule has 0 bridgehead atoms. The van der Waals surface area contributed by atoms with E-state index < -0.39 is 0 Å². The molecule has 3 atom stereocenters. The minimum Gasteiger partial charge on any atom is -0.489 e. The van der Waals surface area contributed by atoms with E-state index in [1.807, 2.05) is 6.07 Å². The smallest absolute Gasteiger partial charge is 0.126 e. The van der Waals surface area contributed by atoms with Gasteiger partial charge in [0.1, 0.15) is 17.7 Å². The zero-order chi connectivity index (χ0) is 14.5. The first kappa shape index (κ1) is 15.3. The highest BCUT2D eigenvalue weighted by atomic mass is 19.1. The van der Waals surface area contributed by atoms with Crippen molar-refractivity contribution in [3.05, 3.63) is 30.1 Å². The Morgan fingerprint density at radius 3 is 2.80 bits per heavy atom. The maximum Gasteiger partial charge on any atom is 0.126 e. The monoisotopic (exact) mass is 279 g/mol. The zero-order valence-electron chi connectivity index (χ0n) is 12.7. The van der Waals surface area contributed by atoms with Crippen molar-refractivity contribution in [2.24, 2.45) is 11.8 Å². The average Bonchev–Trinajstić information content (AvgIpc) is 2.41. The van der Waals surface area contributed by atoms with Crippen molar-refractivity contribution in [2.45, 2.75) is 52.2 Å². The molecular weight excluding hydrogens is 253 g/mol. The minimum atomic E-state index is -0.237. The first-order valence-corrected chi connectivity index (χ1v) is 7.75. The highest BCUT2D eigenvalue weighted by Crippen LogP contribution is 2.32. The molecule has 2 nitrogen and oxygen atoms in total. The molecule has 1 aromatic carbocycles. The van der Waals surface area contributed by atoms with Gasteiger partial charge < -0.3 is 10.1 Å². The predicted octanol–water partition coefficient (Wildman–Crippen LogP) is 4.01.